The molecule has 1 rings (SSSR count). The van der Waals surface area contributed by atoms with Crippen LogP contribution in [0.2, 0.25) is 18.1 Å². The van der Waals surface area contributed by atoms with E-state index in [0.29, 0.717) is 6.04 Å². The Balaban J connectivity index is 2.41. The highest BCUT2D eigenvalue weighted by Crippen LogP contribution is 2.36. The van der Waals surface area contributed by atoms with Crippen molar-refractivity contribution in [2.75, 3.05) is 13.2 Å². The van der Waals surface area contributed by atoms with E-state index in [9.17, 15) is 4.79 Å². The molecule has 0 aromatic heterocycles. The highest BCUT2D eigenvalue weighted by atomic mass is 28.4. The van der Waals surface area contributed by atoms with E-state index in [1.54, 1.807) is 0 Å². The molecule has 23 heavy (non-hydrogen) atoms. The van der Waals surface area contributed by atoms with Gasteiger partial charge in [-0.2, -0.15) is 0 Å². The third-order valence-electron chi connectivity index (χ3n) is 4.96. The van der Waals surface area contributed by atoms with Gasteiger partial charge in [0.2, 0.25) is 0 Å². The average molecular weight is 344 g/mol. The van der Waals surface area contributed by atoms with Crippen LogP contribution in [0.5, 0.6) is 0 Å². The zero-order chi connectivity index (χ0) is 17.9. The zero-order valence-electron chi connectivity index (χ0n) is 16.5. The largest absolute Gasteiger partial charge is 0.444 e. The molecular formula is C18H37NO3Si. The van der Waals surface area contributed by atoms with E-state index in [1.807, 2.05) is 25.7 Å². The van der Waals surface area contributed by atoms with Gasteiger partial charge < -0.3 is 14.1 Å². The van der Waals surface area contributed by atoms with Crippen LogP contribution in [0, 0.1) is 0 Å². The van der Waals surface area contributed by atoms with E-state index < -0.39 is 13.9 Å². The lowest BCUT2D eigenvalue weighted by molar-refractivity contribution is 0.0216. The predicted molar refractivity (Wildman–Crippen MR) is 98.3 cm³/mol. The Morgan fingerprint density at radius 3 is 2.30 bits per heavy atom. The minimum absolute atomic E-state index is 0.162. The second kappa shape index (κ2) is 7.56. The van der Waals surface area contributed by atoms with Crippen molar-refractivity contribution < 1.29 is 14.0 Å². The summed E-state index contributed by atoms with van der Waals surface area (Å²) in [6, 6.07) is 0.313. The van der Waals surface area contributed by atoms with Gasteiger partial charge >= 0.3 is 6.09 Å². The molecule has 0 spiro atoms. The van der Waals surface area contributed by atoms with Gasteiger partial charge in [-0.15, -0.1) is 0 Å². The fourth-order valence-corrected chi connectivity index (χ4v) is 3.65. The number of carbonyl (C=O) groups excluding carboxylic acids is 1. The van der Waals surface area contributed by atoms with Crippen LogP contribution >= 0.6 is 0 Å². The van der Waals surface area contributed by atoms with Crippen molar-refractivity contribution in [3.8, 4) is 0 Å². The first-order valence-corrected chi connectivity index (χ1v) is 11.9. The van der Waals surface area contributed by atoms with E-state index >= 15 is 0 Å². The van der Waals surface area contributed by atoms with E-state index in [-0.39, 0.29) is 11.1 Å². The van der Waals surface area contributed by atoms with Gasteiger partial charge in [0.15, 0.2) is 8.32 Å². The van der Waals surface area contributed by atoms with Gasteiger partial charge in [0.25, 0.3) is 0 Å². The van der Waals surface area contributed by atoms with E-state index in [4.69, 9.17) is 9.16 Å². The summed E-state index contributed by atoms with van der Waals surface area (Å²) < 4.78 is 11.8. The molecule has 0 aromatic rings. The molecule has 1 heterocycles. The van der Waals surface area contributed by atoms with Crippen molar-refractivity contribution in [2.24, 2.45) is 0 Å². The Labute approximate surface area is 144 Å². The van der Waals surface area contributed by atoms with Crippen molar-refractivity contribution in [1.82, 2.24) is 4.90 Å². The molecule has 0 aromatic carbocycles. The Hall–Kier alpha value is -0.553. The molecule has 0 N–H and O–H groups in total. The van der Waals surface area contributed by atoms with Gasteiger partial charge in [-0.25, -0.2) is 4.79 Å². The summed E-state index contributed by atoms with van der Waals surface area (Å²) in [6.45, 7) is 18.7. The lowest BCUT2D eigenvalue weighted by Crippen LogP contribution is -2.41. The third kappa shape index (κ3) is 6.46. The van der Waals surface area contributed by atoms with Crippen molar-refractivity contribution in [3.63, 3.8) is 0 Å². The molecule has 1 saturated heterocycles. The second-order valence-electron chi connectivity index (χ2n) is 9.22. The Bertz CT molecular complexity index is 396. The first-order chi connectivity index (χ1) is 10.3. The number of rotatable bonds is 5. The van der Waals surface area contributed by atoms with Gasteiger partial charge in [-0.05, 0) is 64.6 Å². The molecule has 0 saturated carbocycles. The van der Waals surface area contributed by atoms with Crippen LogP contribution in [0.4, 0.5) is 4.79 Å². The summed E-state index contributed by atoms with van der Waals surface area (Å²) in [5.74, 6) is 0. The quantitative estimate of drug-likeness (QED) is 0.509. The van der Waals surface area contributed by atoms with Crippen LogP contribution in [-0.4, -0.2) is 44.1 Å². The normalized spacial score (nSPS) is 20.0. The summed E-state index contributed by atoms with van der Waals surface area (Å²) in [6.07, 6.45) is 4.02. The van der Waals surface area contributed by atoms with Crippen molar-refractivity contribution in [1.29, 1.82) is 0 Å². The van der Waals surface area contributed by atoms with Crippen molar-refractivity contribution in [3.05, 3.63) is 0 Å². The average Bonchev–Trinajstić information content (AvgIpc) is 2.79. The van der Waals surface area contributed by atoms with Crippen molar-refractivity contribution >= 4 is 14.4 Å². The SMILES string of the molecule is CC(C)(C)OC(=O)N1CCCC1CCCO[Si](C)(C)C(C)(C)C. The highest BCUT2D eigenvalue weighted by Gasteiger charge is 2.37. The first-order valence-electron chi connectivity index (χ1n) is 8.97. The molecule has 1 aliphatic heterocycles. The molecule has 1 atom stereocenters. The first kappa shape index (κ1) is 20.5. The molecule has 136 valence electrons. The van der Waals surface area contributed by atoms with Gasteiger partial charge in [0, 0.05) is 19.2 Å². The molecule has 0 bridgehead atoms. The Kier molecular flexibility index (Phi) is 6.73. The summed E-state index contributed by atoms with van der Waals surface area (Å²) in [7, 11) is -1.66. The molecule has 1 fully saturated rings. The Morgan fingerprint density at radius 2 is 1.78 bits per heavy atom. The number of carbonyl (C=O) groups is 1. The van der Waals surface area contributed by atoms with E-state index in [1.165, 1.54) is 0 Å². The van der Waals surface area contributed by atoms with E-state index in [0.717, 1.165) is 38.8 Å². The fourth-order valence-electron chi connectivity index (χ4n) is 2.56. The van der Waals surface area contributed by atoms with Crippen LogP contribution in [0.3, 0.4) is 0 Å². The fraction of sp³-hybridized carbons (Fsp3) is 0.944. The molecule has 0 aliphatic carbocycles. The lowest BCUT2D eigenvalue weighted by Gasteiger charge is -2.36. The maximum Gasteiger partial charge on any atom is 0.410 e. The maximum absolute atomic E-state index is 12.3. The second-order valence-corrected chi connectivity index (χ2v) is 14.0. The van der Waals surface area contributed by atoms with Crippen LogP contribution in [0.25, 0.3) is 0 Å². The van der Waals surface area contributed by atoms with Crippen LogP contribution < -0.4 is 0 Å². The van der Waals surface area contributed by atoms with Crippen LogP contribution in [-0.2, 0) is 9.16 Å². The molecule has 0 radical (unpaired) electrons. The molecule has 5 heteroatoms. The molecule has 1 unspecified atom stereocenters. The zero-order valence-corrected chi connectivity index (χ0v) is 17.5. The summed E-state index contributed by atoms with van der Waals surface area (Å²) >= 11 is 0. The highest BCUT2D eigenvalue weighted by molar-refractivity contribution is 6.74. The molecule has 1 aliphatic rings. The third-order valence-corrected chi connectivity index (χ3v) is 9.49. The van der Waals surface area contributed by atoms with Gasteiger partial charge in [-0.3, -0.25) is 0 Å². The predicted octanol–water partition coefficient (Wildman–Crippen LogP) is 5.19. The monoisotopic (exact) mass is 343 g/mol. The van der Waals surface area contributed by atoms with Crippen LogP contribution in [0.15, 0.2) is 0 Å². The molecule has 1 amide bonds. The number of ether oxygens (including phenoxy) is 1. The summed E-state index contributed by atoms with van der Waals surface area (Å²) in [5, 5.41) is 0.253. The number of nitrogens with zero attached hydrogens (tertiary/aromatic N) is 1. The number of amides is 1. The summed E-state index contributed by atoms with van der Waals surface area (Å²) in [4.78, 5) is 14.2. The van der Waals surface area contributed by atoms with Crippen LogP contribution in [0.1, 0.15) is 67.2 Å². The topological polar surface area (TPSA) is 38.8 Å². The number of likely N-dealkylation sites (tertiary alicyclic amines) is 1. The molecular weight excluding hydrogens is 306 g/mol. The minimum Gasteiger partial charge on any atom is -0.444 e. The Morgan fingerprint density at radius 1 is 1.17 bits per heavy atom. The number of hydrogen-bond acceptors (Lipinski definition) is 3. The smallest absolute Gasteiger partial charge is 0.410 e. The van der Waals surface area contributed by atoms with E-state index in [2.05, 4.69) is 33.9 Å². The summed E-state index contributed by atoms with van der Waals surface area (Å²) in [5.41, 5.74) is -0.421. The lowest BCUT2D eigenvalue weighted by atomic mass is 10.1. The minimum atomic E-state index is -1.66. The van der Waals surface area contributed by atoms with Crippen molar-refractivity contribution in [2.45, 2.75) is 97.0 Å². The van der Waals surface area contributed by atoms with Gasteiger partial charge in [-0.1, -0.05) is 20.8 Å². The standard InChI is InChI=1S/C18H37NO3Si/c1-17(2,3)22-16(20)19-13-9-11-15(19)12-10-14-21-23(7,8)18(4,5)6/h15H,9-14H2,1-8H3. The van der Waals surface area contributed by atoms with Gasteiger partial charge in [0.1, 0.15) is 5.60 Å². The number of hydrogen-bond donors (Lipinski definition) is 0. The maximum atomic E-state index is 12.3. The van der Waals surface area contributed by atoms with Gasteiger partial charge in [0.05, 0.1) is 0 Å². The molecule has 4 nitrogen and oxygen atoms in total.